The van der Waals surface area contributed by atoms with Gasteiger partial charge in [0.05, 0.1) is 17.3 Å². The highest BCUT2D eigenvalue weighted by atomic mass is 32.2. The lowest BCUT2D eigenvalue weighted by Gasteiger charge is -2.42. The molecule has 3 heterocycles. The number of nitrogens with zero attached hydrogens (tertiary/aromatic N) is 4. The molecule has 2 saturated heterocycles. The van der Waals surface area contributed by atoms with Crippen LogP contribution in [0.25, 0.3) is 0 Å². The van der Waals surface area contributed by atoms with Crippen LogP contribution in [0.3, 0.4) is 0 Å². The average molecular weight is 292 g/mol. The van der Waals surface area contributed by atoms with Crippen LogP contribution in [0.15, 0.2) is 6.20 Å². The maximum absolute atomic E-state index is 12.4. The monoisotopic (exact) mass is 292 g/mol. The molecule has 0 radical (unpaired) electrons. The van der Waals surface area contributed by atoms with E-state index in [0.29, 0.717) is 5.91 Å². The molecule has 1 aromatic rings. The zero-order valence-corrected chi connectivity index (χ0v) is 12.8. The van der Waals surface area contributed by atoms with Gasteiger partial charge in [-0.05, 0) is 13.8 Å². The van der Waals surface area contributed by atoms with E-state index in [-0.39, 0.29) is 5.92 Å². The molecule has 0 aromatic carbocycles. The highest BCUT2D eigenvalue weighted by Gasteiger charge is 2.37. The largest absolute Gasteiger partial charge is 0.353 e. The molecule has 2 aliphatic heterocycles. The zero-order chi connectivity index (χ0) is 14.1. The van der Waals surface area contributed by atoms with E-state index >= 15 is 0 Å². The molecule has 0 unspecified atom stereocenters. The van der Waals surface area contributed by atoms with Crippen LogP contribution in [-0.4, -0.2) is 58.5 Å². The number of aryl methyl sites for hydroxylation is 2. The van der Waals surface area contributed by atoms with Gasteiger partial charge in [0.25, 0.3) is 0 Å². The number of aromatic nitrogens is 2. The fourth-order valence-corrected chi connectivity index (χ4v) is 3.58. The Hall–Kier alpha value is -1.30. The van der Waals surface area contributed by atoms with Gasteiger partial charge in [-0.3, -0.25) is 9.78 Å². The second-order valence-electron chi connectivity index (χ2n) is 5.46. The second kappa shape index (κ2) is 5.60. The summed E-state index contributed by atoms with van der Waals surface area (Å²) >= 11 is 1.93. The van der Waals surface area contributed by atoms with Crippen molar-refractivity contribution < 1.29 is 4.79 Å². The number of carbonyl (C=O) groups excluding carboxylic acids is 1. The van der Waals surface area contributed by atoms with Crippen LogP contribution in [0, 0.1) is 19.8 Å². The minimum Gasteiger partial charge on any atom is -0.353 e. The molecule has 1 aromatic heterocycles. The Morgan fingerprint density at radius 3 is 2.70 bits per heavy atom. The van der Waals surface area contributed by atoms with E-state index in [4.69, 9.17) is 0 Å². The van der Waals surface area contributed by atoms with E-state index in [9.17, 15) is 4.79 Å². The summed E-state index contributed by atoms with van der Waals surface area (Å²) in [5.41, 5.74) is 1.87. The van der Waals surface area contributed by atoms with Crippen molar-refractivity contribution in [3.8, 4) is 0 Å². The highest BCUT2D eigenvalue weighted by molar-refractivity contribution is 7.99. The minimum atomic E-state index is 0.139. The Bertz CT molecular complexity index is 510. The average Bonchev–Trinajstić information content (AvgIpc) is 2.42. The van der Waals surface area contributed by atoms with Crippen molar-refractivity contribution in [3.05, 3.63) is 17.6 Å². The highest BCUT2D eigenvalue weighted by Crippen LogP contribution is 2.27. The quantitative estimate of drug-likeness (QED) is 0.817. The van der Waals surface area contributed by atoms with Crippen molar-refractivity contribution in [2.45, 2.75) is 13.8 Å². The number of thioether (sulfide) groups is 1. The van der Waals surface area contributed by atoms with Crippen LogP contribution in [0.4, 0.5) is 5.82 Å². The van der Waals surface area contributed by atoms with Gasteiger partial charge >= 0.3 is 0 Å². The van der Waals surface area contributed by atoms with Crippen LogP contribution < -0.4 is 4.90 Å². The van der Waals surface area contributed by atoms with Crippen molar-refractivity contribution in [1.82, 2.24) is 14.9 Å². The predicted octanol–water partition coefficient (Wildman–Crippen LogP) is 1.11. The molecule has 0 spiro atoms. The first-order valence-electron chi connectivity index (χ1n) is 7.07. The molecule has 20 heavy (non-hydrogen) atoms. The summed E-state index contributed by atoms with van der Waals surface area (Å²) in [6.07, 6.45) is 1.78. The Kier molecular flexibility index (Phi) is 3.83. The van der Waals surface area contributed by atoms with E-state index in [1.807, 2.05) is 30.5 Å². The van der Waals surface area contributed by atoms with Gasteiger partial charge in [0.15, 0.2) is 0 Å². The van der Waals surface area contributed by atoms with Gasteiger partial charge in [0.2, 0.25) is 5.91 Å². The van der Waals surface area contributed by atoms with E-state index in [2.05, 4.69) is 14.9 Å². The summed E-state index contributed by atoms with van der Waals surface area (Å²) in [5.74, 6) is 3.54. The maximum atomic E-state index is 12.4. The fourth-order valence-electron chi connectivity index (χ4n) is 2.67. The smallest absolute Gasteiger partial charge is 0.229 e. The molecule has 0 atom stereocenters. The fraction of sp³-hybridized carbons (Fsp3) is 0.643. The lowest BCUT2D eigenvalue weighted by molar-refractivity contribution is -0.135. The number of amides is 1. The standard InChI is InChI=1S/C14H20N4OS/c1-10-7-15-11(2)13(16-10)18-8-12(9-18)14(19)17-3-5-20-6-4-17/h7,12H,3-6,8-9H2,1-2H3. The normalized spacial score (nSPS) is 19.9. The van der Waals surface area contributed by atoms with Gasteiger partial charge in [-0.1, -0.05) is 0 Å². The predicted molar refractivity (Wildman–Crippen MR) is 81.1 cm³/mol. The van der Waals surface area contributed by atoms with Crippen LogP contribution in [0.5, 0.6) is 0 Å². The van der Waals surface area contributed by atoms with E-state index in [1.165, 1.54) is 0 Å². The van der Waals surface area contributed by atoms with Gasteiger partial charge in [-0.25, -0.2) is 4.98 Å². The van der Waals surface area contributed by atoms with Crippen molar-refractivity contribution in [3.63, 3.8) is 0 Å². The molecule has 0 bridgehead atoms. The third-order valence-electron chi connectivity index (χ3n) is 3.90. The van der Waals surface area contributed by atoms with Gasteiger partial charge in [-0.2, -0.15) is 11.8 Å². The van der Waals surface area contributed by atoms with Gasteiger partial charge in [0, 0.05) is 43.9 Å². The summed E-state index contributed by atoms with van der Waals surface area (Å²) in [6.45, 7) is 7.29. The Morgan fingerprint density at radius 2 is 2.00 bits per heavy atom. The summed E-state index contributed by atoms with van der Waals surface area (Å²) in [5, 5.41) is 0. The molecule has 0 N–H and O–H groups in total. The van der Waals surface area contributed by atoms with Crippen molar-refractivity contribution >= 4 is 23.5 Å². The molecular formula is C14H20N4OS. The first-order valence-corrected chi connectivity index (χ1v) is 8.22. The van der Waals surface area contributed by atoms with Gasteiger partial charge < -0.3 is 9.80 Å². The van der Waals surface area contributed by atoms with E-state index in [1.54, 1.807) is 6.20 Å². The molecule has 2 aliphatic rings. The summed E-state index contributed by atoms with van der Waals surface area (Å²) < 4.78 is 0. The summed E-state index contributed by atoms with van der Waals surface area (Å²) in [6, 6.07) is 0. The summed E-state index contributed by atoms with van der Waals surface area (Å²) in [7, 11) is 0. The van der Waals surface area contributed by atoms with Crippen LogP contribution in [-0.2, 0) is 4.79 Å². The van der Waals surface area contributed by atoms with Gasteiger partial charge in [-0.15, -0.1) is 0 Å². The Morgan fingerprint density at radius 1 is 1.30 bits per heavy atom. The minimum absolute atomic E-state index is 0.139. The van der Waals surface area contributed by atoms with Crippen LogP contribution >= 0.6 is 11.8 Å². The van der Waals surface area contributed by atoms with Crippen molar-refractivity contribution in [1.29, 1.82) is 0 Å². The van der Waals surface area contributed by atoms with Crippen LogP contribution in [0.2, 0.25) is 0 Å². The number of hydrogen-bond donors (Lipinski definition) is 0. The molecule has 0 saturated carbocycles. The van der Waals surface area contributed by atoms with Crippen LogP contribution in [0.1, 0.15) is 11.4 Å². The zero-order valence-electron chi connectivity index (χ0n) is 12.0. The number of carbonyl (C=O) groups is 1. The Balaban J connectivity index is 1.60. The third-order valence-corrected chi connectivity index (χ3v) is 4.85. The summed E-state index contributed by atoms with van der Waals surface area (Å²) in [4.78, 5) is 25.4. The molecule has 6 heteroatoms. The van der Waals surface area contributed by atoms with E-state index < -0.39 is 0 Å². The SMILES string of the molecule is Cc1cnc(C)c(N2CC(C(=O)N3CCSCC3)C2)n1. The molecule has 0 aliphatic carbocycles. The Labute approximate surface area is 123 Å². The van der Waals surface area contributed by atoms with Gasteiger partial charge in [0.1, 0.15) is 5.82 Å². The van der Waals surface area contributed by atoms with Crippen molar-refractivity contribution in [2.24, 2.45) is 5.92 Å². The molecule has 2 fully saturated rings. The number of anilines is 1. The first kappa shape index (κ1) is 13.7. The number of rotatable bonds is 2. The van der Waals surface area contributed by atoms with Crippen molar-refractivity contribution in [2.75, 3.05) is 42.6 Å². The second-order valence-corrected chi connectivity index (χ2v) is 6.68. The van der Waals surface area contributed by atoms with E-state index in [0.717, 1.165) is 54.9 Å². The molecule has 1 amide bonds. The maximum Gasteiger partial charge on any atom is 0.229 e. The molecular weight excluding hydrogens is 272 g/mol. The lowest BCUT2D eigenvalue weighted by atomic mass is 9.98. The molecule has 5 nitrogen and oxygen atoms in total. The lowest BCUT2D eigenvalue weighted by Crippen LogP contribution is -2.56. The number of hydrogen-bond acceptors (Lipinski definition) is 5. The third kappa shape index (κ3) is 2.61. The first-order chi connectivity index (χ1) is 9.65. The topological polar surface area (TPSA) is 49.3 Å². The molecule has 3 rings (SSSR count). The molecule has 108 valence electrons.